The number of aryl methyl sites for hydroxylation is 2. The molecule has 1 aromatic carbocycles. The number of ether oxygens (including phenoxy) is 2. The third kappa shape index (κ3) is 3.61. The quantitative estimate of drug-likeness (QED) is 0.405. The van der Waals surface area contributed by atoms with Crippen LogP contribution in [0, 0.1) is 20.8 Å². The van der Waals surface area contributed by atoms with Crippen LogP contribution in [0.15, 0.2) is 67.0 Å². The van der Waals surface area contributed by atoms with Crippen LogP contribution in [-0.4, -0.2) is 26.4 Å². The molecule has 5 heterocycles. The van der Waals surface area contributed by atoms with Crippen molar-refractivity contribution in [2.24, 2.45) is 0 Å². The highest BCUT2D eigenvalue weighted by Gasteiger charge is 2.42. The van der Waals surface area contributed by atoms with E-state index in [1.54, 1.807) is 0 Å². The number of pyridine rings is 2. The van der Waals surface area contributed by atoms with Crippen molar-refractivity contribution >= 4 is 23.0 Å². The van der Waals surface area contributed by atoms with E-state index in [1.165, 1.54) is 5.56 Å². The topological polar surface area (TPSA) is 64.4 Å². The SMILES string of the molecule is Cc1ccnc(-n2c(C)cc([C@@H]3[C@H](c4ccccn4)NC(=S)N3c3ccc4c(c3)OCO4)c2C)c1. The highest BCUT2D eigenvalue weighted by atomic mass is 32.1. The molecule has 176 valence electrons. The molecule has 2 aliphatic rings. The maximum Gasteiger partial charge on any atom is 0.231 e. The molecule has 8 heteroatoms. The number of fused-ring (bicyclic) bond motifs is 1. The van der Waals surface area contributed by atoms with Gasteiger partial charge in [-0.05, 0) is 86.6 Å². The number of hydrogen-bond acceptors (Lipinski definition) is 5. The van der Waals surface area contributed by atoms with E-state index in [1.807, 2.05) is 54.9 Å². The summed E-state index contributed by atoms with van der Waals surface area (Å²) >= 11 is 5.89. The van der Waals surface area contributed by atoms with Gasteiger partial charge in [0.2, 0.25) is 6.79 Å². The van der Waals surface area contributed by atoms with Gasteiger partial charge in [0.05, 0.1) is 17.8 Å². The second-order valence-electron chi connectivity index (χ2n) is 8.89. The standard InChI is InChI=1S/C27H25N5O2S/c1-16-9-11-29-24(12-16)31-17(2)13-20(18(31)3)26-25(21-6-4-5-10-28-21)30-27(35)32(26)19-7-8-22-23(14-19)34-15-33-22/h4-14,25-26H,15H2,1-3H3,(H,30,35)/t25-,26+/m0/s1. The lowest BCUT2D eigenvalue weighted by Gasteiger charge is -2.28. The van der Waals surface area contributed by atoms with Gasteiger partial charge in [-0.15, -0.1) is 0 Å². The van der Waals surface area contributed by atoms with Crippen molar-refractivity contribution in [1.29, 1.82) is 0 Å². The number of benzene rings is 1. The van der Waals surface area contributed by atoms with Crippen LogP contribution >= 0.6 is 12.2 Å². The first-order valence-electron chi connectivity index (χ1n) is 11.5. The van der Waals surface area contributed by atoms with Crippen LogP contribution in [0.25, 0.3) is 5.82 Å². The zero-order valence-corrected chi connectivity index (χ0v) is 20.5. The predicted octanol–water partition coefficient (Wildman–Crippen LogP) is 5.10. The minimum atomic E-state index is -0.131. The lowest BCUT2D eigenvalue weighted by Crippen LogP contribution is -2.29. The van der Waals surface area contributed by atoms with Crippen molar-refractivity contribution < 1.29 is 9.47 Å². The van der Waals surface area contributed by atoms with Crippen LogP contribution in [0.4, 0.5) is 5.69 Å². The molecule has 3 aromatic heterocycles. The normalized spacial score (nSPS) is 18.7. The van der Waals surface area contributed by atoms with Crippen LogP contribution in [-0.2, 0) is 0 Å². The summed E-state index contributed by atoms with van der Waals surface area (Å²) < 4.78 is 13.4. The smallest absolute Gasteiger partial charge is 0.231 e. The summed E-state index contributed by atoms with van der Waals surface area (Å²) in [5, 5.41) is 4.18. The first-order chi connectivity index (χ1) is 17.0. The van der Waals surface area contributed by atoms with Crippen LogP contribution in [0.3, 0.4) is 0 Å². The zero-order valence-electron chi connectivity index (χ0n) is 19.7. The van der Waals surface area contributed by atoms with Gasteiger partial charge in [-0.1, -0.05) is 6.07 Å². The monoisotopic (exact) mass is 483 g/mol. The lowest BCUT2D eigenvalue weighted by atomic mass is 9.96. The predicted molar refractivity (Wildman–Crippen MR) is 138 cm³/mol. The number of hydrogen-bond donors (Lipinski definition) is 1. The summed E-state index contributed by atoms with van der Waals surface area (Å²) in [5.74, 6) is 2.37. The number of rotatable bonds is 4. The molecule has 35 heavy (non-hydrogen) atoms. The largest absolute Gasteiger partial charge is 0.454 e. The summed E-state index contributed by atoms with van der Waals surface area (Å²) in [6.45, 7) is 6.56. The van der Waals surface area contributed by atoms with Gasteiger partial charge in [0.1, 0.15) is 5.82 Å². The average molecular weight is 484 g/mol. The summed E-state index contributed by atoms with van der Waals surface area (Å²) in [7, 11) is 0. The fraction of sp³-hybridized carbons (Fsp3) is 0.222. The van der Waals surface area contributed by atoms with Gasteiger partial charge in [-0.3, -0.25) is 4.98 Å². The van der Waals surface area contributed by atoms with Crippen LogP contribution in [0.5, 0.6) is 11.5 Å². The van der Waals surface area contributed by atoms with Crippen molar-refractivity contribution in [1.82, 2.24) is 19.9 Å². The van der Waals surface area contributed by atoms with E-state index < -0.39 is 0 Å². The van der Waals surface area contributed by atoms with E-state index in [9.17, 15) is 0 Å². The first-order valence-corrected chi connectivity index (χ1v) is 11.9. The molecule has 0 aliphatic carbocycles. The fourth-order valence-corrected chi connectivity index (χ4v) is 5.41. The van der Waals surface area contributed by atoms with Crippen LogP contribution in [0.1, 0.15) is 40.3 Å². The number of nitrogens with one attached hydrogen (secondary N) is 1. The Labute approximate surface area is 209 Å². The first kappa shape index (κ1) is 21.6. The molecule has 0 unspecified atom stereocenters. The third-order valence-electron chi connectivity index (χ3n) is 6.65. The molecule has 0 spiro atoms. The van der Waals surface area contributed by atoms with Gasteiger partial charge in [0.15, 0.2) is 16.6 Å². The Kier molecular flexibility index (Phi) is 5.18. The van der Waals surface area contributed by atoms with Gasteiger partial charge in [-0.25, -0.2) is 4.98 Å². The molecule has 0 amide bonds. The van der Waals surface area contributed by atoms with Gasteiger partial charge >= 0.3 is 0 Å². The number of aromatic nitrogens is 3. The molecule has 4 aromatic rings. The molecular weight excluding hydrogens is 458 g/mol. The van der Waals surface area contributed by atoms with Crippen molar-refractivity contribution in [3.05, 3.63) is 95.2 Å². The molecule has 0 radical (unpaired) electrons. The minimum Gasteiger partial charge on any atom is -0.454 e. The van der Waals surface area contributed by atoms with Crippen LogP contribution < -0.4 is 19.7 Å². The van der Waals surface area contributed by atoms with E-state index in [4.69, 9.17) is 21.7 Å². The average Bonchev–Trinajstić information content (AvgIpc) is 3.54. The Hall–Kier alpha value is -3.91. The van der Waals surface area contributed by atoms with E-state index in [2.05, 4.69) is 57.7 Å². The lowest BCUT2D eigenvalue weighted by molar-refractivity contribution is 0.174. The van der Waals surface area contributed by atoms with Crippen molar-refractivity contribution in [2.75, 3.05) is 11.7 Å². The zero-order chi connectivity index (χ0) is 24.1. The Morgan fingerprint density at radius 1 is 0.943 bits per heavy atom. The van der Waals surface area contributed by atoms with Gasteiger partial charge in [0.25, 0.3) is 0 Å². The molecule has 1 N–H and O–H groups in total. The number of nitrogens with zero attached hydrogens (tertiary/aromatic N) is 4. The Bertz CT molecular complexity index is 1440. The molecule has 7 nitrogen and oxygen atoms in total. The summed E-state index contributed by atoms with van der Waals surface area (Å²) in [5.41, 5.74) is 6.42. The summed E-state index contributed by atoms with van der Waals surface area (Å²) in [4.78, 5) is 11.5. The van der Waals surface area contributed by atoms with E-state index in [-0.39, 0.29) is 18.9 Å². The van der Waals surface area contributed by atoms with Gasteiger partial charge in [-0.2, -0.15) is 0 Å². The molecular formula is C27H25N5O2S. The Morgan fingerprint density at radius 2 is 1.80 bits per heavy atom. The highest BCUT2D eigenvalue weighted by molar-refractivity contribution is 7.80. The highest BCUT2D eigenvalue weighted by Crippen LogP contribution is 2.45. The molecule has 1 fully saturated rings. The van der Waals surface area contributed by atoms with Crippen molar-refractivity contribution in [3.8, 4) is 17.3 Å². The molecule has 6 rings (SSSR count). The van der Waals surface area contributed by atoms with E-state index in [0.717, 1.165) is 45.6 Å². The van der Waals surface area contributed by atoms with Crippen molar-refractivity contribution in [2.45, 2.75) is 32.9 Å². The second-order valence-corrected chi connectivity index (χ2v) is 9.27. The number of thiocarbonyl (C=S) groups is 1. The van der Waals surface area contributed by atoms with Crippen molar-refractivity contribution in [3.63, 3.8) is 0 Å². The summed E-state index contributed by atoms with van der Waals surface area (Å²) in [6.07, 6.45) is 3.67. The molecule has 0 bridgehead atoms. The van der Waals surface area contributed by atoms with E-state index in [0.29, 0.717) is 5.11 Å². The van der Waals surface area contributed by atoms with E-state index >= 15 is 0 Å². The number of anilines is 1. The maximum atomic E-state index is 5.89. The second kappa shape index (κ2) is 8.39. The molecule has 0 saturated carbocycles. The fourth-order valence-electron chi connectivity index (χ4n) is 5.07. The third-order valence-corrected chi connectivity index (χ3v) is 6.97. The molecule has 2 atom stereocenters. The van der Waals surface area contributed by atoms with Gasteiger partial charge in [0, 0.05) is 35.5 Å². The van der Waals surface area contributed by atoms with Gasteiger partial charge < -0.3 is 24.3 Å². The minimum absolute atomic E-state index is 0.123. The van der Waals surface area contributed by atoms with Crippen LogP contribution in [0.2, 0.25) is 0 Å². The Morgan fingerprint density at radius 3 is 2.60 bits per heavy atom. The Balaban J connectivity index is 1.51. The molecule has 2 aliphatic heterocycles. The summed E-state index contributed by atoms with van der Waals surface area (Å²) in [6, 6.07) is 18.0. The maximum absolute atomic E-state index is 5.89. The molecule has 1 saturated heterocycles.